The molecule has 0 radical (unpaired) electrons. The monoisotopic (exact) mass is 237 g/mol. The van der Waals surface area contributed by atoms with E-state index in [9.17, 15) is 0 Å². The molecule has 0 saturated carbocycles. The summed E-state index contributed by atoms with van der Waals surface area (Å²) in [7, 11) is 0. The molecular formula is C16H31N. The van der Waals surface area contributed by atoms with Crippen molar-refractivity contribution in [2.24, 2.45) is 0 Å². The Labute approximate surface area is 108 Å². The molecule has 0 aliphatic heterocycles. The van der Waals surface area contributed by atoms with Crippen LogP contribution in [0.2, 0.25) is 0 Å². The molecule has 0 bridgehead atoms. The molecule has 0 aromatic carbocycles. The van der Waals surface area contributed by atoms with E-state index in [-0.39, 0.29) is 0 Å². The van der Waals surface area contributed by atoms with Gasteiger partial charge in [0, 0.05) is 6.04 Å². The van der Waals surface area contributed by atoms with E-state index in [1.165, 1.54) is 70.8 Å². The van der Waals surface area contributed by atoms with Gasteiger partial charge in [0.05, 0.1) is 0 Å². The van der Waals surface area contributed by atoms with Crippen LogP contribution >= 0.6 is 0 Å². The molecule has 1 heteroatoms. The van der Waals surface area contributed by atoms with Crippen molar-refractivity contribution in [1.29, 1.82) is 0 Å². The van der Waals surface area contributed by atoms with Gasteiger partial charge >= 0.3 is 0 Å². The van der Waals surface area contributed by atoms with Crippen molar-refractivity contribution in [3.05, 3.63) is 11.6 Å². The molecule has 1 unspecified atom stereocenters. The number of allylic oxidation sites excluding steroid dienone is 1. The normalized spacial score (nSPS) is 17.9. The van der Waals surface area contributed by atoms with Crippen LogP contribution in [0.25, 0.3) is 0 Å². The highest BCUT2D eigenvalue weighted by Gasteiger charge is 2.14. The minimum Gasteiger partial charge on any atom is -0.310 e. The van der Waals surface area contributed by atoms with Crippen LogP contribution in [0.15, 0.2) is 11.6 Å². The van der Waals surface area contributed by atoms with Gasteiger partial charge in [-0.2, -0.15) is 0 Å². The molecule has 0 saturated heterocycles. The Bertz CT molecular complexity index is 208. The molecule has 1 aliphatic rings. The lowest BCUT2D eigenvalue weighted by molar-refractivity contribution is 0.477. The summed E-state index contributed by atoms with van der Waals surface area (Å²) in [5.74, 6) is 0. The van der Waals surface area contributed by atoms with E-state index in [2.05, 4.69) is 25.2 Å². The second-order valence-corrected chi connectivity index (χ2v) is 5.38. The van der Waals surface area contributed by atoms with Gasteiger partial charge in [0.25, 0.3) is 0 Å². The third-order valence-corrected chi connectivity index (χ3v) is 3.76. The number of rotatable bonds is 9. The van der Waals surface area contributed by atoms with Crippen molar-refractivity contribution in [3.63, 3.8) is 0 Å². The van der Waals surface area contributed by atoms with Crippen molar-refractivity contribution >= 4 is 0 Å². The van der Waals surface area contributed by atoms with Crippen LogP contribution in [-0.2, 0) is 0 Å². The molecule has 0 spiro atoms. The van der Waals surface area contributed by atoms with Gasteiger partial charge in [-0.1, -0.05) is 51.2 Å². The van der Waals surface area contributed by atoms with Crippen molar-refractivity contribution in [1.82, 2.24) is 5.32 Å². The predicted molar refractivity (Wildman–Crippen MR) is 77.4 cm³/mol. The van der Waals surface area contributed by atoms with Gasteiger partial charge in [-0.3, -0.25) is 0 Å². The summed E-state index contributed by atoms with van der Waals surface area (Å²) in [6.45, 7) is 5.72. The maximum absolute atomic E-state index is 3.75. The number of nitrogens with one attached hydrogen (secondary N) is 1. The predicted octanol–water partition coefficient (Wildman–Crippen LogP) is 4.83. The standard InChI is InChI=1S/C16H31N/c1-3-5-6-10-13-16(17-14-4-2)15-11-8-7-9-12-15/h11,16-17H,3-10,12-14H2,1-2H3. The summed E-state index contributed by atoms with van der Waals surface area (Å²) < 4.78 is 0. The fraction of sp³-hybridized carbons (Fsp3) is 0.875. The minimum absolute atomic E-state index is 0.687. The second-order valence-electron chi connectivity index (χ2n) is 5.38. The third-order valence-electron chi connectivity index (χ3n) is 3.76. The van der Waals surface area contributed by atoms with Gasteiger partial charge in [-0.25, -0.2) is 0 Å². The zero-order valence-electron chi connectivity index (χ0n) is 11.9. The Balaban J connectivity index is 2.33. The van der Waals surface area contributed by atoms with Gasteiger partial charge < -0.3 is 5.32 Å². The average molecular weight is 237 g/mol. The molecule has 0 heterocycles. The topological polar surface area (TPSA) is 12.0 Å². The molecule has 0 aromatic rings. The maximum atomic E-state index is 3.75. The zero-order valence-corrected chi connectivity index (χ0v) is 11.9. The summed E-state index contributed by atoms with van der Waals surface area (Å²) in [6, 6.07) is 0.687. The van der Waals surface area contributed by atoms with Gasteiger partial charge in [0.1, 0.15) is 0 Å². The van der Waals surface area contributed by atoms with Gasteiger partial charge in [-0.15, -0.1) is 0 Å². The SMILES string of the molecule is CCCCCCC(NCCC)C1=CCCCC1. The molecule has 1 rings (SSSR count). The van der Waals surface area contributed by atoms with Gasteiger partial charge in [-0.05, 0) is 45.1 Å². The molecule has 0 aromatic heterocycles. The summed E-state index contributed by atoms with van der Waals surface area (Å²) in [5, 5.41) is 3.75. The molecule has 1 aliphatic carbocycles. The highest BCUT2D eigenvalue weighted by molar-refractivity contribution is 5.13. The number of hydrogen-bond acceptors (Lipinski definition) is 1. The summed E-state index contributed by atoms with van der Waals surface area (Å²) in [6.07, 6.45) is 16.1. The lowest BCUT2D eigenvalue weighted by Gasteiger charge is -2.24. The van der Waals surface area contributed by atoms with Crippen LogP contribution < -0.4 is 5.32 Å². The Hall–Kier alpha value is -0.300. The van der Waals surface area contributed by atoms with Crippen LogP contribution in [0.3, 0.4) is 0 Å². The van der Waals surface area contributed by atoms with Crippen molar-refractivity contribution in [2.45, 2.75) is 84.1 Å². The van der Waals surface area contributed by atoms with E-state index in [0.29, 0.717) is 6.04 Å². The zero-order chi connectivity index (χ0) is 12.3. The van der Waals surface area contributed by atoms with Gasteiger partial charge in [0.15, 0.2) is 0 Å². The molecular weight excluding hydrogens is 206 g/mol. The first-order valence-electron chi connectivity index (χ1n) is 7.80. The lowest BCUT2D eigenvalue weighted by atomic mass is 9.91. The van der Waals surface area contributed by atoms with E-state index < -0.39 is 0 Å². The van der Waals surface area contributed by atoms with Crippen LogP contribution in [0, 0.1) is 0 Å². The lowest BCUT2D eigenvalue weighted by Crippen LogP contribution is -2.32. The Morgan fingerprint density at radius 2 is 2.00 bits per heavy atom. The van der Waals surface area contributed by atoms with Crippen LogP contribution in [-0.4, -0.2) is 12.6 Å². The van der Waals surface area contributed by atoms with Crippen LogP contribution in [0.1, 0.15) is 78.1 Å². The van der Waals surface area contributed by atoms with E-state index >= 15 is 0 Å². The van der Waals surface area contributed by atoms with Crippen LogP contribution in [0.4, 0.5) is 0 Å². The molecule has 0 amide bonds. The Kier molecular flexibility index (Phi) is 8.42. The molecule has 1 N–H and O–H groups in total. The molecule has 1 nitrogen and oxygen atoms in total. The maximum Gasteiger partial charge on any atom is 0.0279 e. The van der Waals surface area contributed by atoms with Crippen molar-refractivity contribution in [3.8, 4) is 0 Å². The van der Waals surface area contributed by atoms with E-state index in [1.807, 2.05) is 0 Å². The molecule has 100 valence electrons. The number of hydrogen-bond donors (Lipinski definition) is 1. The van der Waals surface area contributed by atoms with Crippen LogP contribution in [0.5, 0.6) is 0 Å². The average Bonchev–Trinajstić information content (AvgIpc) is 2.39. The molecule has 17 heavy (non-hydrogen) atoms. The van der Waals surface area contributed by atoms with E-state index in [0.717, 1.165) is 0 Å². The second kappa shape index (κ2) is 9.70. The van der Waals surface area contributed by atoms with E-state index in [4.69, 9.17) is 0 Å². The molecule has 0 fully saturated rings. The quantitative estimate of drug-likeness (QED) is 0.447. The first-order chi connectivity index (χ1) is 8.38. The van der Waals surface area contributed by atoms with E-state index in [1.54, 1.807) is 5.57 Å². The van der Waals surface area contributed by atoms with Crippen molar-refractivity contribution in [2.75, 3.05) is 6.54 Å². The largest absolute Gasteiger partial charge is 0.310 e. The highest BCUT2D eigenvalue weighted by atomic mass is 14.9. The first kappa shape index (κ1) is 14.8. The highest BCUT2D eigenvalue weighted by Crippen LogP contribution is 2.23. The van der Waals surface area contributed by atoms with Gasteiger partial charge in [0.2, 0.25) is 0 Å². The Morgan fingerprint density at radius 3 is 2.65 bits per heavy atom. The van der Waals surface area contributed by atoms with Crippen molar-refractivity contribution < 1.29 is 0 Å². The summed E-state index contributed by atoms with van der Waals surface area (Å²) >= 11 is 0. The molecule has 1 atom stereocenters. The minimum atomic E-state index is 0.687. The summed E-state index contributed by atoms with van der Waals surface area (Å²) in [5.41, 5.74) is 1.71. The fourth-order valence-corrected chi connectivity index (χ4v) is 2.69. The fourth-order valence-electron chi connectivity index (χ4n) is 2.69. The summed E-state index contributed by atoms with van der Waals surface area (Å²) in [4.78, 5) is 0. The first-order valence-corrected chi connectivity index (χ1v) is 7.80. The number of unbranched alkanes of at least 4 members (excludes halogenated alkanes) is 3. The third kappa shape index (κ3) is 6.26. The Morgan fingerprint density at radius 1 is 1.12 bits per heavy atom. The smallest absolute Gasteiger partial charge is 0.0279 e.